The van der Waals surface area contributed by atoms with Crippen molar-refractivity contribution in [3.8, 4) is 0 Å². The summed E-state index contributed by atoms with van der Waals surface area (Å²) in [5.74, 6) is -0.222. The molecule has 5 heteroatoms. The molecule has 0 aliphatic carbocycles. The molecule has 4 nitrogen and oxygen atoms in total. The molecular weight excluding hydrogens is 308 g/mol. The van der Waals surface area contributed by atoms with Gasteiger partial charge in [0.15, 0.2) is 0 Å². The molecular formula is C14H15BrN2O2. The molecule has 0 aliphatic rings. The Balaban J connectivity index is 1.97. The number of aromatic amines is 1. The Morgan fingerprint density at radius 3 is 2.68 bits per heavy atom. The van der Waals surface area contributed by atoms with Crippen LogP contribution in [0.5, 0.6) is 0 Å². The van der Waals surface area contributed by atoms with Crippen molar-refractivity contribution < 1.29 is 9.90 Å². The van der Waals surface area contributed by atoms with Crippen molar-refractivity contribution in [1.29, 1.82) is 0 Å². The zero-order chi connectivity index (χ0) is 13.7. The first kappa shape index (κ1) is 13.8. The summed E-state index contributed by atoms with van der Waals surface area (Å²) in [6, 6.07) is 11.2. The van der Waals surface area contributed by atoms with Crippen LogP contribution in [0.2, 0.25) is 0 Å². The molecule has 0 saturated carbocycles. The minimum Gasteiger partial charge on any atom is -0.394 e. The van der Waals surface area contributed by atoms with Gasteiger partial charge >= 0.3 is 0 Å². The number of carbonyl (C=O) groups excluding carboxylic acids is 1. The van der Waals surface area contributed by atoms with Gasteiger partial charge in [0.25, 0.3) is 5.91 Å². The largest absolute Gasteiger partial charge is 0.394 e. The molecule has 1 atom stereocenters. The third-order valence-electron chi connectivity index (χ3n) is 2.77. The van der Waals surface area contributed by atoms with Crippen molar-refractivity contribution >= 4 is 21.8 Å². The number of aliphatic hydroxyl groups is 1. The van der Waals surface area contributed by atoms with Gasteiger partial charge in [0.05, 0.1) is 12.6 Å². The summed E-state index contributed by atoms with van der Waals surface area (Å²) in [6.45, 7) is -0.0947. The van der Waals surface area contributed by atoms with Crippen LogP contribution in [-0.4, -0.2) is 28.6 Å². The lowest BCUT2D eigenvalue weighted by atomic mass is 10.1. The molecule has 2 rings (SSSR count). The van der Waals surface area contributed by atoms with Gasteiger partial charge in [-0.15, -0.1) is 0 Å². The zero-order valence-corrected chi connectivity index (χ0v) is 11.9. The minimum atomic E-state index is -0.294. The van der Waals surface area contributed by atoms with E-state index < -0.39 is 0 Å². The number of aliphatic hydroxyl groups excluding tert-OH is 1. The smallest absolute Gasteiger partial charge is 0.268 e. The third kappa shape index (κ3) is 3.94. The number of rotatable bonds is 5. The molecule has 0 radical (unpaired) electrons. The molecule has 0 bridgehead atoms. The fraction of sp³-hybridized carbons (Fsp3) is 0.214. The summed E-state index contributed by atoms with van der Waals surface area (Å²) >= 11 is 3.28. The number of aromatic nitrogens is 1. The van der Waals surface area contributed by atoms with Gasteiger partial charge in [-0.25, -0.2) is 0 Å². The Bertz CT molecular complexity index is 539. The zero-order valence-electron chi connectivity index (χ0n) is 10.3. The maximum atomic E-state index is 11.9. The Hall–Kier alpha value is -1.59. The van der Waals surface area contributed by atoms with E-state index >= 15 is 0 Å². The number of halogens is 1. The van der Waals surface area contributed by atoms with E-state index in [1.807, 2.05) is 30.3 Å². The number of hydrogen-bond donors (Lipinski definition) is 3. The molecule has 19 heavy (non-hydrogen) atoms. The summed E-state index contributed by atoms with van der Waals surface area (Å²) in [4.78, 5) is 14.8. The van der Waals surface area contributed by atoms with Crippen LogP contribution in [0.3, 0.4) is 0 Å². The Morgan fingerprint density at radius 1 is 1.37 bits per heavy atom. The van der Waals surface area contributed by atoms with Crippen LogP contribution in [0.4, 0.5) is 0 Å². The highest BCUT2D eigenvalue weighted by molar-refractivity contribution is 9.10. The molecule has 2 aromatic rings. The lowest BCUT2D eigenvalue weighted by Crippen LogP contribution is -2.39. The van der Waals surface area contributed by atoms with Crippen LogP contribution in [-0.2, 0) is 6.42 Å². The van der Waals surface area contributed by atoms with Gasteiger partial charge in [0.2, 0.25) is 0 Å². The lowest BCUT2D eigenvalue weighted by molar-refractivity contribution is 0.0912. The number of amides is 1. The lowest BCUT2D eigenvalue weighted by Gasteiger charge is -2.15. The van der Waals surface area contributed by atoms with Crippen molar-refractivity contribution in [2.24, 2.45) is 0 Å². The number of nitrogens with one attached hydrogen (secondary N) is 2. The molecule has 1 amide bonds. The van der Waals surface area contributed by atoms with E-state index in [-0.39, 0.29) is 18.6 Å². The summed E-state index contributed by atoms with van der Waals surface area (Å²) in [6.07, 6.45) is 2.30. The predicted octanol–water partition coefficient (Wildman–Crippen LogP) is 2.11. The second-order valence-electron chi connectivity index (χ2n) is 4.27. The second kappa shape index (κ2) is 6.54. The summed E-state index contributed by atoms with van der Waals surface area (Å²) in [7, 11) is 0. The Labute approximate surface area is 120 Å². The van der Waals surface area contributed by atoms with E-state index in [1.165, 1.54) is 0 Å². The summed E-state index contributed by atoms with van der Waals surface area (Å²) in [5, 5.41) is 12.2. The molecule has 0 spiro atoms. The van der Waals surface area contributed by atoms with Gasteiger partial charge in [-0.3, -0.25) is 4.79 Å². The SMILES string of the molecule is O=C(N[C@@H](CO)Cc1ccccc1)c1cc(Br)c[nH]1. The van der Waals surface area contributed by atoms with Gasteiger partial charge in [-0.05, 0) is 34.0 Å². The van der Waals surface area contributed by atoms with Crippen molar-refractivity contribution in [3.05, 3.63) is 58.3 Å². The van der Waals surface area contributed by atoms with Crippen LogP contribution in [0, 0.1) is 0 Å². The van der Waals surface area contributed by atoms with E-state index in [2.05, 4.69) is 26.2 Å². The van der Waals surface area contributed by atoms with Gasteiger partial charge in [0.1, 0.15) is 5.69 Å². The van der Waals surface area contributed by atoms with Gasteiger partial charge in [0, 0.05) is 10.7 Å². The maximum Gasteiger partial charge on any atom is 0.268 e. The average Bonchev–Trinajstić information content (AvgIpc) is 2.86. The van der Waals surface area contributed by atoms with Crippen molar-refractivity contribution in [2.45, 2.75) is 12.5 Å². The summed E-state index contributed by atoms with van der Waals surface area (Å²) in [5.41, 5.74) is 1.55. The van der Waals surface area contributed by atoms with E-state index in [4.69, 9.17) is 0 Å². The van der Waals surface area contributed by atoms with Crippen molar-refractivity contribution in [3.63, 3.8) is 0 Å². The Kier molecular flexibility index (Phi) is 4.76. The molecule has 1 aromatic heterocycles. The molecule has 0 fully saturated rings. The van der Waals surface area contributed by atoms with Crippen LogP contribution >= 0.6 is 15.9 Å². The van der Waals surface area contributed by atoms with Crippen LogP contribution in [0.15, 0.2) is 47.1 Å². The minimum absolute atomic E-state index is 0.0947. The van der Waals surface area contributed by atoms with Crippen molar-refractivity contribution in [2.75, 3.05) is 6.61 Å². The number of carbonyl (C=O) groups is 1. The van der Waals surface area contributed by atoms with Gasteiger partial charge in [-0.2, -0.15) is 0 Å². The number of hydrogen-bond acceptors (Lipinski definition) is 2. The topological polar surface area (TPSA) is 65.1 Å². The van der Waals surface area contributed by atoms with Crippen LogP contribution in [0.1, 0.15) is 16.1 Å². The van der Waals surface area contributed by atoms with E-state index in [0.717, 1.165) is 10.0 Å². The molecule has 100 valence electrons. The van der Waals surface area contributed by atoms with Crippen LogP contribution in [0.25, 0.3) is 0 Å². The standard InChI is InChI=1S/C14H15BrN2O2/c15-11-7-13(16-8-11)14(19)17-12(9-18)6-10-4-2-1-3-5-10/h1-5,7-8,12,16,18H,6,9H2,(H,17,19)/t12-/m1/s1. The fourth-order valence-electron chi connectivity index (χ4n) is 1.82. The fourth-order valence-corrected chi connectivity index (χ4v) is 2.17. The van der Waals surface area contributed by atoms with Crippen molar-refractivity contribution in [1.82, 2.24) is 10.3 Å². The van der Waals surface area contributed by atoms with Gasteiger partial charge < -0.3 is 15.4 Å². The Morgan fingerprint density at radius 2 is 2.11 bits per heavy atom. The number of H-pyrrole nitrogens is 1. The third-order valence-corrected chi connectivity index (χ3v) is 3.23. The monoisotopic (exact) mass is 322 g/mol. The highest BCUT2D eigenvalue weighted by Crippen LogP contribution is 2.11. The first-order chi connectivity index (χ1) is 9.19. The highest BCUT2D eigenvalue weighted by Gasteiger charge is 2.14. The molecule has 1 heterocycles. The molecule has 1 aromatic carbocycles. The van der Waals surface area contributed by atoms with E-state index in [0.29, 0.717) is 12.1 Å². The van der Waals surface area contributed by atoms with Crippen LogP contribution < -0.4 is 5.32 Å². The number of benzene rings is 1. The predicted molar refractivity (Wildman–Crippen MR) is 77.0 cm³/mol. The molecule has 0 saturated heterocycles. The quantitative estimate of drug-likeness (QED) is 0.789. The van der Waals surface area contributed by atoms with E-state index in [1.54, 1.807) is 12.3 Å². The molecule has 3 N–H and O–H groups in total. The second-order valence-corrected chi connectivity index (χ2v) is 5.19. The van der Waals surface area contributed by atoms with E-state index in [9.17, 15) is 9.90 Å². The summed E-state index contributed by atoms with van der Waals surface area (Å²) < 4.78 is 0.821. The highest BCUT2D eigenvalue weighted by atomic mass is 79.9. The molecule has 0 unspecified atom stereocenters. The average molecular weight is 323 g/mol. The molecule has 0 aliphatic heterocycles. The first-order valence-electron chi connectivity index (χ1n) is 5.98. The first-order valence-corrected chi connectivity index (χ1v) is 6.78. The van der Waals surface area contributed by atoms with Gasteiger partial charge in [-0.1, -0.05) is 30.3 Å². The maximum absolute atomic E-state index is 11.9. The normalized spacial score (nSPS) is 12.1.